The molecule has 71 heavy (non-hydrogen) atoms. The molecular weight excluding hydrogens is 855 g/mol. The number of fused-ring (bicyclic) bond motifs is 5. The van der Waals surface area contributed by atoms with Gasteiger partial charge >= 0.3 is 0 Å². The molecule has 0 aliphatic heterocycles. The molecule has 0 spiro atoms. The van der Waals surface area contributed by atoms with Crippen LogP contribution in [0.25, 0.3) is 0 Å². The van der Waals surface area contributed by atoms with Crippen LogP contribution in [0.5, 0.6) is 0 Å². The fourth-order valence-electron chi connectivity index (χ4n) is 26.0. The molecular formula is C70H57N. The summed E-state index contributed by atoms with van der Waals surface area (Å²) in [4.78, 5) is 0. The van der Waals surface area contributed by atoms with E-state index >= 15 is 0 Å². The summed E-state index contributed by atoms with van der Waals surface area (Å²) in [5.41, 5.74) is 30.3. The number of benzene rings is 5. The van der Waals surface area contributed by atoms with Crippen molar-refractivity contribution in [2.24, 2.45) is 100 Å². The minimum absolute atomic E-state index is 0.198. The second kappa shape index (κ2) is 11.1. The molecule has 0 heterocycles. The zero-order chi connectivity index (χ0) is 45.5. The lowest BCUT2D eigenvalue weighted by Gasteiger charge is -2.71. The molecule has 16 unspecified atom stereocenters. The van der Waals surface area contributed by atoms with Crippen LogP contribution < -0.4 is 5.73 Å². The summed E-state index contributed by atoms with van der Waals surface area (Å²) in [5, 5.41) is 0. The number of allylic oxidation sites excluding steroid dienone is 11. The molecule has 5 aromatic rings. The van der Waals surface area contributed by atoms with E-state index in [9.17, 15) is 5.73 Å². The fraction of sp³-hybridized carbons (Fsp3) is 0.371. The predicted molar refractivity (Wildman–Crippen MR) is 277 cm³/mol. The summed E-state index contributed by atoms with van der Waals surface area (Å²) in [5.74, 6) is 7.43. The van der Waals surface area contributed by atoms with Crippen molar-refractivity contribution in [3.63, 3.8) is 0 Å². The summed E-state index contributed by atoms with van der Waals surface area (Å²) >= 11 is 0. The minimum atomic E-state index is -0.771. The maximum atomic E-state index is 10.1. The molecule has 0 bridgehead atoms. The van der Waals surface area contributed by atoms with Gasteiger partial charge in [0.1, 0.15) is 0 Å². The first kappa shape index (κ1) is 37.1. The second-order valence-corrected chi connectivity index (χ2v) is 26.3. The summed E-state index contributed by atoms with van der Waals surface area (Å²) in [6.07, 6.45) is 22.6. The van der Waals surface area contributed by atoms with E-state index in [2.05, 4.69) is 188 Å². The minimum Gasteiger partial charge on any atom is -0.317 e. The molecule has 7 saturated carbocycles. The molecule has 2 N–H and O–H groups in total. The third-order valence-electron chi connectivity index (χ3n) is 25.9. The average molecular weight is 912 g/mol. The second-order valence-electron chi connectivity index (χ2n) is 26.3. The number of hydrogen-bond acceptors (Lipinski definition) is 1. The van der Waals surface area contributed by atoms with Gasteiger partial charge in [0, 0.05) is 21.7 Å². The fourth-order valence-corrected chi connectivity index (χ4v) is 26.0. The van der Waals surface area contributed by atoms with E-state index < -0.39 is 5.54 Å². The van der Waals surface area contributed by atoms with Crippen LogP contribution >= 0.6 is 0 Å². The molecule has 0 radical (unpaired) electrons. The van der Waals surface area contributed by atoms with Crippen molar-refractivity contribution in [1.82, 2.24) is 0 Å². The zero-order valence-corrected chi connectivity index (χ0v) is 40.0. The number of nitrogens with two attached hydrogens (primary N) is 1. The lowest BCUT2D eigenvalue weighted by molar-refractivity contribution is -0.00592. The first-order valence-electron chi connectivity index (χ1n) is 28.3. The van der Waals surface area contributed by atoms with Gasteiger partial charge in [0.2, 0.25) is 0 Å². The van der Waals surface area contributed by atoms with Gasteiger partial charge < -0.3 is 5.73 Å². The van der Waals surface area contributed by atoms with E-state index in [-0.39, 0.29) is 27.1 Å². The van der Waals surface area contributed by atoms with Crippen LogP contribution in [0.15, 0.2) is 233 Å². The Labute approximate surface area is 417 Å². The third-order valence-corrected chi connectivity index (χ3v) is 25.9. The SMILES string of the molecule is N[C@]12C3=C4C5=C1[C@@]1(c6ccccc6)C6C7C=CC8C9C=CC%10C%11CCC%12C(=C%11[C@@]4(c4ccccc4)C%10C9[C@@]5(c4ccccc4)C86)[C@]3(c3ccccc3)C3=C4C(CCC3%12)C3C=CC7C1C3[C@@]42c1ccccc1. The average Bonchev–Trinajstić information content (AvgIpc) is 4.39. The van der Waals surface area contributed by atoms with Crippen LogP contribution in [0, 0.1) is 94.7 Å². The van der Waals surface area contributed by atoms with Crippen LogP contribution in [-0.2, 0) is 27.1 Å². The van der Waals surface area contributed by atoms with Crippen molar-refractivity contribution in [3.05, 3.63) is 261 Å². The summed E-state index contributed by atoms with van der Waals surface area (Å²) in [6, 6.07) is 62.2. The lowest BCUT2D eigenvalue weighted by atomic mass is 9.32. The molecule has 16 aliphatic carbocycles. The van der Waals surface area contributed by atoms with Crippen LogP contribution in [0.2, 0.25) is 0 Å². The summed E-state index contributed by atoms with van der Waals surface area (Å²) in [7, 11) is 0. The Kier molecular flexibility index (Phi) is 5.79. The Morgan fingerprint density at radius 1 is 0.324 bits per heavy atom. The molecule has 1 heteroatoms. The molecule has 7 fully saturated rings. The largest absolute Gasteiger partial charge is 0.317 e. The van der Waals surface area contributed by atoms with E-state index in [0.717, 1.165) is 0 Å². The van der Waals surface area contributed by atoms with E-state index in [0.29, 0.717) is 94.7 Å². The van der Waals surface area contributed by atoms with Gasteiger partial charge in [-0.1, -0.05) is 199 Å². The molecule has 0 saturated heterocycles. The van der Waals surface area contributed by atoms with Gasteiger partial charge in [-0.05, 0) is 182 Å². The number of rotatable bonds is 5. The Balaban J connectivity index is 1.12. The molecule has 5 aromatic carbocycles. The van der Waals surface area contributed by atoms with Crippen LogP contribution in [0.3, 0.4) is 0 Å². The van der Waals surface area contributed by atoms with Crippen LogP contribution in [0.1, 0.15) is 53.5 Å². The topological polar surface area (TPSA) is 26.0 Å². The van der Waals surface area contributed by atoms with E-state index in [1.54, 1.807) is 44.5 Å². The normalized spacial score (nSPS) is 51.5. The highest BCUT2D eigenvalue weighted by Gasteiger charge is 2.94. The molecule has 16 aliphatic rings. The predicted octanol–water partition coefficient (Wildman–Crippen LogP) is 12.9. The molecule has 0 amide bonds. The molecule has 342 valence electrons. The third kappa shape index (κ3) is 3.04. The Bertz CT molecular complexity index is 3630. The van der Waals surface area contributed by atoms with E-state index in [4.69, 9.17) is 0 Å². The van der Waals surface area contributed by atoms with Crippen molar-refractivity contribution in [3.8, 4) is 0 Å². The summed E-state index contributed by atoms with van der Waals surface area (Å²) in [6.45, 7) is 0. The zero-order valence-electron chi connectivity index (χ0n) is 40.0. The standard InChI is InChI=1S/C70H57N/c71-70-63-61-62-64(70)68(39-22-12-4-13-23-39)56-46-31-29-44-42-27-26-41-43-28-30-45-47-32-34-49-50-35-33-48(46)58(68)60(50)69(70,40-24-14-5-15-25-40)59(49)57(47)67(63,38-20-10-3-11-21-38)55(45)53(43)65(61,36-16-6-1-7-17-36)51(41)52(42)66(62,54(44)56)37-18-8-2-9-19-37/h1-28,30,32,34,41-53,55,57,59H,29,31,33,35,71H2/t41?,42?,43?,44?,45?,46?,47?,48?,49?,50?,51?,52?,53?,55?,57?,59?,65-,66+,67-,68+,69-,70-/m0/s1. The van der Waals surface area contributed by atoms with Gasteiger partial charge in [-0.25, -0.2) is 0 Å². The van der Waals surface area contributed by atoms with Crippen molar-refractivity contribution in [2.45, 2.75) is 58.3 Å². The maximum Gasteiger partial charge on any atom is 0.0760 e. The smallest absolute Gasteiger partial charge is 0.0760 e. The van der Waals surface area contributed by atoms with Gasteiger partial charge in [-0.2, -0.15) is 0 Å². The van der Waals surface area contributed by atoms with E-state index in [1.165, 1.54) is 31.2 Å². The van der Waals surface area contributed by atoms with Gasteiger partial charge in [0.05, 0.1) is 11.0 Å². The van der Waals surface area contributed by atoms with Crippen molar-refractivity contribution in [1.29, 1.82) is 0 Å². The Morgan fingerprint density at radius 3 is 1.31 bits per heavy atom. The molecule has 22 atom stereocenters. The summed E-state index contributed by atoms with van der Waals surface area (Å²) < 4.78 is 0. The van der Waals surface area contributed by atoms with Gasteiger partial charge in [0.15, 0.2) is 0 Å². The highest BCUT2D eigenvalue weighted by Crippen LogP contribution is 2.96. The molecule has 0 aromatic heterocycles. The highest BCUT2D eigenvalue weighted by molar-refractivity contribution is 5.93. The maximum absolute atomic E-state index is 10.1. The molecule has 1 nitrogen and oxygen atoms in total. The Hall–Kier alpha value is -5.76. The first-order valence-corrected chi connectivity index (χ1v) is 28.3. The Morgan fingerprint density at radius 2 is 0.732 bits per heavy atom. The number of hydrogen-bond donors (Lipinski definition) is 1. The van der Waals surface area contributed by atoms with Gasteiger partial charge in [0.25, 0.3) is 0 Å². The van der Waals surface area contributed by atoms with Crippen LogP contribution in [-0.4, -0.2) is 5.54 Å². The van der Waals surface area contributed by atoms with Crippen molar-refractivity contribution >= 4 is 0 Å². The van der Waals surface area contributed by atoms with Crippen molar-refractivity contribution in [2.75, 3.05) is 0 Å². The first-order chi connectivity index (χ1) is 35.1. The lowest BCUT2D eigenvalue weighted by Crippen LogP contribution is -2.77. The van der Waals surface area contributed by atoms with Crippen molar-refractivity contribution < 1.29 is 0 Å². The monoisotopic (exact) mass is 911 g/mol. The highest BCUT2D eigenvalue weighted by atomic mass is 15.0. The van der Waals surface area contributed by atoms with Gasteiger partial charge in [-0.3, -0.25) is 0 Å². The van der Waals surface area contributed by atoms with E-state index in [1.807, 2.05) is 22.3 Å². The quantitative estimate of drug-likeness (QED) is 0.175. The molecule has 21 rings (SSSR count). The van der Waals surface area contributed by atoms with Crippen LogP contribution in [0.4, 0.5) is 0 Å². The van der Waals surface area contributed by atoms with Gasteiger partial charge in [-0.15, -0.1) is 0 Å².